The lowest BCUT2D eigenvalue weighted by Crippen LogP contribution is -2.32. The van der Waals surface area contributed by atoms with E-state index in [0.29, 0.717) is 22.0 Å². The van der Waals surface area contributed by atoms with Crippen LogP contribution in [0.1, 0.15) is 5.56 Å². The topological polar surface area (TPSA) is 120 Å². The molecule has 26 heavy (non-hydrogen) atoms. The van der Waals surface area contributed by atoms with Gasteiger partial charge in [-0.1, -0.05) is 17.7 Å². The van der Waals surface area contributed by atoms with Crippen molar-refractivity contribution in [1.82, 2.24) is 5.43 Å². The lowest BCUT2D eigenvalue weighted by Gasteiger charge is -2.06. The second kappa shape index (κ2) is 9.19. The molecule has 2 N–H and O–H groups in total. The van der Waals surface area contributed by atoms with E-state index in [0.717, 1.165) is 0 Å². The molecule has 0 aliphatic rings. The summed E-state index contributed by atoms with van der Waals surface area (Å²) in [6.07, 6.45) is 1.31. The molecular formula is C17H13ClN3O5-. The molecule has 0 spiro atoms. The Kier molecular flexibility index (Phi) is 6.69. The fraction of sp³-hybridized carbons (Fsp3) is 0.0588. The van der Waals surface area contributed by atoms with Gasteiger partial charge in [-0.2, -0.15) is 5.10 Å². The standard InChI is InChI=1S/C17H14ClN3O5/c18-12-2-1-3-13(8-12)20-16(24)17(25)21-19-9-11-4-6-14(7-5-11)26-10-15(22)23/h1-9H,10H2,(H,20,24)(H,21,25)(H,22,23)/p-1/b19-9-. The molecule has 8 nitrogen and oxygen atoms in total. The van der Waals surface area contributed by atoms with Crippen LogP contribution in [-0.2, 0) is 14.4 Å². The third kappa shape index (κ3) is 6.25. The Bertz CT molecular complexity index is 837. The second-order valence-corrected chi connectivity index (χ2v) is 5.33. The summed E-state index contributed by atoms with van der Waals surface area (Å²) in [5, 5.41) is 16.8. The molecule has 0 heterocycles. The average molecular weight is 375 g/mol. The van der Waals surface area contributed by atoms with Crippen LogP contribution in [0.15, 0.2) is 53.6 Å². The molecule has 0 aliphatic heterocycles. The Morgan fingerprint density at radius 3 is 2.50 bits per heavy atom. The smallest absolute Gasteiger partial charge is 0.329 e. The maximum atomic E-state index is 11.7. The van der Waals surface area contributed by atoms with Crippen LogP contribution >= 0.6 is 11.6 Å². The van der Waals surface area contributed by atoms with Crippen molar-refractivity contribution >= 4 is 41.3 Å². The number of carbonyl (C=O) groups is 3. The van der Waals surface area contributed by atoms with Crippen LogP contribution in [0, 0.1) is 0 Å². The fourth-order valence-corrected chi connectivity index (χ4v) is 1.95. The van der Waals surface area contributed by atoms with Crippen LogP contribution in [0.25, 0.3) is 0 Å². The number of hydrogen-bond donors (Lipinski definition) is 2. The molecule has 0 bridgehead atoms. The quantitative estimate of drug-likeness (QED) is 0.435. The van der Waals surface area contributed by atoms with E-state index in [9.17, 15) is 19.5 Å². The number of amides is 2. The highest BCUT2D eigenvalue weighted by molar-refractivity contribution is 6.39. The van der Waals surface area contributed by atoms with Crippen molar-refractivity contribution in [3.05, 3.63) is 59.1 Å². The summed E-state index contributed by atoms with van der Waals surface area (Å²) in [4.78, 5) is 33.7. The number of aliphatic carboxylic acids is 1. The van der Waals surface area contributed by atoms with Crippen LogP contribution in [0.5, 0.6) is 5.75 Å². The highest BCUT2D eigenvalue weighted by atomic mass is 35.5. The van der Waals surface area contributed by atoms with E-state index in [2.05, 4.69) is 15.8 Å². The third-order valence-electron chi connectivity index (χ3n) is 2.91. The molecule has 2 aromatic carbocycles. The lowest BCUT2D eigenvalue weighted by molar-refractivity contribution is -0.307. The molecule has 2 aromatic rings. The summed E-state index contributed by atoms with van der Waals surface area (Å²) in [5.41, 5.74) is 3.07. The average Bonchev–Trinajstić information content (AvgIpc) is 2.61. The van der Waals surface area contributed by atoms with E-state index in [4.69, 9.17) is 16.3 Å². The molecular weight excluding hydrogens is 362 g/mol. The first-order valence-corrected chi connectivity index (χ1v) is 7.64. The van der Waals surface area contributed by atoms with Crippen molar-refractivity contribution in [3.8, 4) is 5.75 Å². The highest BCUT2D eigenvalue weighted by Crippen LogP contribution is 2.14. The number of carboxylic acid groups (broad SMARTS) is 1. The third-order valence-corrected chi connectivity index (χ3v) is 3.14. The number of nitrogens with one attached hydrogen (secondary N) is 2. The van der Waals surface area contributed by atoms with Crippen molar-refractivity contribution in [2.45, 2.75) is 0 Å². The number of carbonyl (C=O) groups excluding carboxylic acids is 3. The maximum Gasteiger partial charge on any atom is 0.329 e. The van der Waals surface area contributed by atoms with Gasteiger partial charge >= 0.3 is 11.8 Å². The predicted molar refractivity (Wildman–Crippen MR) is 92.8 cm³/mol. The molecule has 0 atom stereocenters. The van der Waals surface area contributed by atoms with E-state index in [1.165, 1.54) is 24.4 Å². The van der Waals surface area contributed by atoms with Gasteiger partial charge in [0.05, 0.1) is 12.2 Å². The Labute approximate surface area is 153 Å². The monoisotopic (exact) mass is 374 g/mol. The van der Waals surface area contributed by atoms with Gasteiger partial charge in [-0.25, -0.2) is 5.43 Å². The van der Waals surface area contributed by atoms with E-state index in [1.54, 1.807) is 30.3 Å². The van der Waals surface area contributed by atoms with Crippen LogP contribution in [-0.4, -0.2) is 30.6 Å². The lowest BCUT2D eigenvalue weighted by atomic mass is 10.2. The van der Waals surface area contributed by atoms with Crippen LogP contribution in [0.3, 0.4) is 0 Å². The van der Waals surface area contributed by atoms with Gasteiger partial charge in [0.1, 0.15) is 12.4 Å². The van der Waals surface area contributed by atoms with Crippen molar-refractivity contribution in [2.75, 3.05) is 11.9 Å². The first kappa shape index (κ1) is 18.9. The van der Waals surface area contributed by atoms with Gasteiger partial charge in [-0.3, -0.25) is 9.59 Å². The maximum absolute atomic E-state index is 11.7. The van der Waals surface area contributed by atoms with Crippen LogP contribution in [0.2, 0.25) is 5.02 Å². The molecule has 0 saturated heterocycles. The van der Waals surface area contributed by atoms with Crippen molar-refractivity contribution in [2.24, 2.45) is 5.10 Å². The molecule has 0 unspecified atom stereocenters. The van der Waals surface area contributed by atoms with E-state index >= 15 is 0 Å². The SMILES string of the molecule is O=C([O-])COc1ccc(/C=N\NC(=O)C(=O)Nc2cccc(Cl)c2)cc1. The number of benzene rings is 2. The summed E-state index contributed by atoms with van der Waals surface area (Å²) >= 11 is 5.79. The van der Waals surface area contributed by atoms with Gasteiger partial charge in [0.15, 0.2) is 0 Å². The first-order chi connectivity index (χ1) is 12.4. The van der Waals surface area contributed by atoms with Gasteiger partial charge in [0.2, 0.25) is 0 Å². The Morgan fingerprint density at radius 1 is 1.12 bits per heavy atom. The summed E-state index contributed by atoms with van der Waals surface area (Å²) in [6, 6.07) is 12.6. The number of nitrogens with zero attached hydrogens (tertiary/aromatic N) is 1. The van der Waals surface area contributed by atoms with Crippen molar-refractivity contribution < 1.29 is 24.2 Å². The number of carboxylic acids is 1. The van der Waals surface area contributed by atoms with Gasteiger partial charge in [0, 0.05) is 10.7 Å². The number of rotatable bonds is 6. The molecule has 0 aromatic heterocycles. The first-order valence-electron chi connectivity index (χ1n) is 7.27. The molecule has 134 valence electrons. The minimum Gasteiger partial charge on any atom is -0.546 e. The van der Waals surface area contributed by atoms with Crippen molar-refractivity contribution in [1.29, 1.82) is 0 Å². The summed E-state index contributed by atoms with van der Waals surface area (Å²) < 4.78 is 4.92. The van der Waals surface area contributed by atoms with Gasteiger partial charge in [-0.15, -0.1) is 0 Å². The zero-order chi connectivity index (χ0) is 18.9. The Balaban J connectivity index is 1.84. The van der Waals surface area contributed by atoms with Gasteiger partial charge in [-0.05, 0) is 48.0 Å². The molecule has 2 rings (SSSR count). The number of anilines is 1. The van der Waals surface area contributed by atoms with Gasteiger partial charge in [0.25, 0.3) is 0 Å². The van der Waals surface area contributed by atoms with Crippen LogP contribution in [0.4, 0.5) is 5.69 Å². The minimum atomic E-state index is -1.32. The van der Waals surface area contributed by atoms with Crippen LogP contribution < -0.4 is 20.6 Å². The fourth-order valence-electron chi connectivity index (χ4n) is 1.76. The second-order valence-electron chi connectivity index (χ2n) is 4.89. The summed E-state index contributed by atoms with van der Waals surface area (Å²) in [6.45, 7) is -0.550. The number of hydrazone groups is 1. The number of halogens is 1. The van der Waals surface area contributed by atoms with Gasteiger partial charge < -0.3 is 20.0 Å². The van der Waals surface area contributed by atoms with E-state index in [-0.39, 0.29) is 0 Å². The summed E-state index contributed by atoms with van der Waals surface area (Å²) in [7, 11) is 0. The normalized spacial score (nSPS) is 10.3. The van der Waals surface area contributed by atoms with E-state index in [1.807, 2.05) is 0 Å². The summed E-state index contributed by atoms with van der Waals surface area (Å²) in [5.74, 6) is -2.82. The zero-order valence-corrected chi connectivity index (χ0v) is 14.0. The predicted octanol–water partition coefficient (Wildman–Crippen LogP) is 0.557. The zero-order valence-electron chi connectivity index (χ0n) is 13.3. The molecule has 0 aliphatic carbocycles. The Hall–Kier alpha value is -3.39. The molecule has 2 amide bonds. The number of hydrogen-bond acceptors (Lipinski definition) is 6. The minimum absolute atomic E-state index is 0.344. The molecule has 9 heteroatoms. The molecule has 0 saturated carbocycles. The largest absolute Gasteiger partial charge is 0.546 e. The highest BCUT2D eigenvalue weighted by Gasteiger charge is 2.12. The van der Waals surface area contributed by atoms with E-state index < -0.39 is 24.4 Å². The molecule has 0 fully saturated rings. The number of ether oxygens (including phenoxy) is 1. The molecule has 0 radical (unpaired) electrons. The Morgan fingerprint density at radius 2 is 1.85 bits per heavy atom. The van der Waals surface area contributed by atoms with Crippen molar-refractivity contribution in [3.63, 3.8) is 0 Å².